The van der Waals surface area contributed by atoms with Crippen molar-refractivity contribution in [1.29, 1.82) is 0 Å². The first-order valence-corrected chi connectivity index (χ1v) is 14.9. The monoisotopic (exact) mass is 644 g/mol. The van der Waals surface area contributed by atoms with Gasteiger partial charge in [-0.05, 0) is 63.0 Å². The number of hydrogen-bond acceptors (Lipinski definition) is 8. The lowest BCUT2D eigenvalue weighted by Gasteiger charge is -2.39. The van der Waals surface area contributed by atoms with Gasteiger partial charge in [-0.25, -0.2) is 14.8 Å². The Kier molecular flexibility index (Phi) is 10.2. The predicted octanol–water partition coefficient (Wildman–Crippen LogP) is 5.90. The van der Waals surface area contributed by atoms with E-state index in [2.05, 4.69) is 30.5 Å². The maximum Gasteiger partial charge on any atom is 0.490 e. The molecule has 45 heavy (non-hydrogen) atoms. The molecule has 238 valence electrons. The van der Waals surface area contributed by atoms with Gasteiger partial charge >= 0.3 is 12.1 Å². The second-order valence-corrected chi connectivity index (χ2v) is 11.2. The Morgan fingerprint density at radius 3 is 2.31 bits per heavy atom. The van der Waals surface area contributed by atoms with Crippen molar-refractivity contribution < 1.29 is 32.6 Å². The van der Waals surface area contributed by atoms with Crippen LogP contribution >= 0.6 is 11.6 Å². The lowest BCUT2D eigenvalue weighted by molar-refractivity contribution is -0.192. The summed E-state index contributed by atoms with van der Waals surface area (Å²) in [6.45, 7) is 4.36. The molecule has 2 aliphatic rings. The number of fused-ring (bicyclic) bond motifs is 1. The predicted molar refractivity (Wildman–Crippen MR) is 163 cm³/mol. The second kappa shape index (κ2) is 14.3. The fourth-order valence-electron chi connectivity index (χ4n) is 5.54. The number of nitrogens with one attached hydrogen (secondary N) is 3. The molecular formula is C31H32ClF3N6O4. The summed E-state index contributed by atoms with van der Waals surface area (Å²) in [5, 5.41) is 15.2. The van der Waals surface area contributed by atoms with E-state index >= 15 is 0 Å². The molecule has 2 aromatic carbocycles. The first kappa shape index (κ1) is 32.2. The summed E-state index contributed by atoms with van der Waals surface area (Å²) >= 11 is 6.57. The van der Waals surface area contributed by atoms with Gasteiger partial charge in [0.15, 0.2) is 5.78 Å². The van der Waals surface area contributed by atoms with Crippen molar-refractivity contribution in [2.75, 3.05) is 31.5 Å². The molecule has 10 nitrogen and oxygen atoms in total. The fourth-order valence-corrected chi connectivity index (χ4v) is 5.80. The molecule has 0 saturated carbocycles. The fraction of sp³-hybridized carbons (Fsp3) is 0.355. The van der Waals surface area contributed by atoms with E-state index in [0.717, 1.165) is 39.0 Å². The molecule has 0 spiro atoms. The van der Waals surface area contributed by atoms with Crippen LogP contribution in [0.2, 0.25) is 5.02 Å². The Bertz CT molecular complexity index is 1620. The molecule has 4 N–H and O–H groups in total. The highest BCUT2D eigenvalue weighted by Crippen LogP contribution is 2.32. The van der Waals surface area contributed by atoms with Crippen molar-refractivity contribution in [3.05, 3.63) is 77.2 Å². The van der Waals surface area contributed by atoms with Crippen molar-refractivity contribution in [2.45, 2.75) is 43.9 Å². The Balaban J connectivity index is 0.000000515. The molecule has 4 aromatic rings. The number of benzene rings is 2. The molecule has 0 atom stereocenters. The number of anilines is 1. The molecule has 0 amide bonds. The number of halogens is 4. The molecule has 2 aliphatic heterocycles. The van der Waals surface area contributed by atoms with Gasteiger partial charge in [-0.1, -0.05) is 29.8 Å². The summed E-state index contributed by atoms with van der Waals surface area (Å²) in [6.07, 6.45) is 2.66. The Morgan fingerprint density at radius 2 is 1.67 bits per heavy atom. The number of carbonyl (C=O) groups excluding carboxylic acids is 1. The summed E-state index contributed by atoms with van der Waals surface area (Å²) < 4.78 is 37.6. The number of likely N-dealkylation sites (tertiary alicyclic amines) is 1. The third-order valence-corrected chi connectivity index (χ3v) is 8.13. The summed E-state index contributed by atoms with van der Waals surface area (Å²) in [5.41, 5.74) is 1.52. The second-order valence-electron chi connectivity index (χ2n) is 10.8. The highest BCUT2D eigenvalue weighted by molar-refractivity contribution is 6.35. The van der Waals surface area contributed by atoms with Crippen LogP contribution < -0.4 is 15.4 Å². The van der Waals surface area contributed by atoms with Crippen molar-refractivity contribution in [2.24, 2.45) is 0 Å². The van der Waals surface area contributed by atoms with Gasteiger partial charge in [0, 0.05) is 43.0 Å². The molecule has 6 rings (SSSR count). The van der Waals surface area contributed by atoms with Crippen LogP contribution in [-0.4, -0.2) is 81.1 Å². The van der Waals surface area contributed by atoms with Crippen LogP contribution in [0.3, 0.4) is 0 Å². The molecule has 0 bridgehead atoms. The lowest BCUT2D eigenvalue weighted by Crippen LogP contribution is -2.48. The number of carboxylic acids is 1. The number of carboxylic acid groups (broad SMARTS) is 1. The number of H-pyrrole nitrogens is 1. The number of nitrogens with zero attached hydrogens (tertiary/aromatic N) is 3. The van der Waals surface area contributed by atoms with Crippen LogP contribution in [-0.2, 0) is 4.79 Å². The van der Waals surface area contributed by atoms with Gasteiger partial charge in [0.25, 0.3) is 0 Å². The van der Waals surface area contributed by atoms with Crippen LogP contribution in [0.25, 0.3) is 11.0 Å². The van der Waals surface area contributed by atoms with E-state index in [0.29, 0.717) is 56.6 Å². The van der Waals surface area contributed by atoms with Crippen molar-refractivity contribution in [3.63, 3.8) is 0 Å². The highest BCUT2D eigenvalue weighted by Gasteiger charge is 2.38. The number of para-hydroxylation sites is 1. The summed E-state index contributed by atoms with van der Waals surface area (Å²) in [5.74, 6) is -0.995. The van der Waals surface area contributed by atoms with Gasteiger partial charge in [0.2, 0.25) is 0 Å². The number of aromatic nitrogens is 3. The van der Waals surface area contributed by atoms with Crippen LogP contribution in [0.5, 0.6) is 11.5 Å². The van der Waals surface area contributed by atoms with E-state index in [1.807, 2.05) is 30.3 Å². The average molecular weight is 645 g/mol. The molecule has 0 unspecified atom stereocenters. The molecule has 2 aromatic heterocycles. The maximum absolute atomic E-state index is 13.6. The minimum absolute atomic E-state index is 0.189. The van der Waals surface area contributed by atoms with E-state index < -0.39 is 12.1 Å². The Hall–Kier alpha value is -4.20. The van der Waals surface area contributed by atoms with E-state index in [1.54, 1.807) is 24.4 Å². The lowest BCUT2D eigenvalue weighted by atomic mass is 9.98. The first-order chi connectivity index (χ1) is 21.6. The third kappa shape index (κ3) is 8.10. The zero-order chi connectivity index (χ0) is 32.0. The van der Waals surface area contributed by atoms with Crippen molar-refractivity contribution in [1.82, 2.24) is 25.2 Å². The third-order valence-electron chi connectivity index (χ3n) is 7.82. The molecule has 4 heterocycles. The van der Waals surface area contributed by atoms with Crippen LogP contribution in [0.15, 0.2) is 61.1 Å². The standard InChI is InChI=1S/C29H31ClN6O2.C2HF3O2/c30-25-16-22(38-21-4-2-1-3-5-21)6-7-23(25)27(37)24-17-32-28-26(24)29(34-18-33-28)35-19-10-14-36(15-11-19)20-8-12-31-13-9-20;3-2(4,5)1(6)7/h1-7,16-20,31H,8-15H2,(H2,32,33,34,35);(H,6,7). The normalized spacial score (nSPS) is 16.5. The SMILES string of the molecule is O=C(O)C(F)(F)F.O=C(c1ccc(Oc2ccccc2)cc1Cl)c1c[nH]c2ncnc(NC3CCN(C4CCNCC4)CC3)c12. The van der Waals surface area contributed by atoms with Gasteiger partial charge in [-0.15, -0.1) is 0 Å². The molecule has 0 radical (unpaired) electrons. The van der Waals surface area contributed by atoms with Gasteiger partial charge in [0.05, 0.1) is 16.0 Å². The van der Waals surface area contributed by atoms with E-state index in [9.17, 15) is 18.0 Å². The van der Waals surface area contributed by atoms with Crippen molar-refractivity contribution >= 4 is 40.2 Å². The number of rotatable bonds is 7. The highest BCUT2D eigenvalue weighted by atomic mass is 35.5. The van der Waals surface area contributed by atoms with Gasteiger partial charge < -0.3 is 30.4 Å². The number of ether oxygens (including phenoxy) is 1. The molecule has 2 saturated heterocycles. The van der Waals surface area contributed by atoms with Gasteiger partial charge in [-0.2, -0.15) is 13.2 Å². The van der Waals surface area contributed by atoms with Crippen LogP contribution in [0.4, 0.5) is 19.0 Å². The first-order valence-electron chi connectivity index (χ1n) is 14.5. The van der Waals surface area contributed by atoms with Crippen LogP contribution in [0, 0.1) is 0 Å². The van der Waals surface area contributed by atoms with Gasteiger partial charge in [0.1, 0.15) is 29.3 Å². The molecular weight excluding hydrogens is 613 g/mol. The van der Waals surface area contributed by atoms with E-state index in [-0.39, 0.29) is 5.78 Å². The number of piperidine rings is 2. The maximum atomic E-state index is 13.6. The topological polar surface area (TPSA) is 132 Å². The number of aromatic amines is 1. The molecule has 0 aliphatic carbocycles. The Morgan fingerprint density at radius 1 is 0.978 bits per heavy atom. The number of hydrogen-bond donors (Lipinski definition) is 4. The quantitative estimate of drug-likeness (QED) is 0.182. The van der Waals surface area contributed by atoms with E-state index in [4.69, 9.17) is 26.2 Å². The van der Waals surface area contributed by atoms with Crippen LogP contribution in [0.1, 0.15) is 41.6 Å². The molecule has 2 fully saturated rings. The number of alkyl halides is 3. The van der Waals surface area contributed by atoms with Gasteiger partial charge in [-0.3, -0.25) is 4.79 Å². The van der Waals surface area contributed by atoms with E-state index in [1.165, 1.54) is 19.2 Å². The smallest absolute Gasteiger partial charge is 0.475 e. The summed E-state index contributed by atoms with van der Waals surface area (Å²) in [6, 6.07) is 15.6. The number of carbonyl (C=O) groups is 2. The summed E-state index contributed by atoms with van der Waals surface area (Å²) in [7, 11) is 0. The zero-order valence-corrected chi connectivity index (χ0v) is 24.9. The zero-order valence-electron chi connectivity index (χ0n) is 24.1. The minimum atomic E-state index is -5.08. The largest absolute Gasteiger partial charge is 0.490 e. The minimum Gasteiger partial charge on any atom is -0.475 e. The number of aliphatic carboxylic acids is 1. The Labute approximate surface area is 262 Å². The molecule has 14 heteroatoms. The number of ketones is 1. The van der Waals surface area contributed by atoms with Crippen molar-refractivity contribution in [3.8, 4) is 11.5 Å². The summed E-state index contributed by atoms with van der Waals surface area (Å²) in [4.78, 5) is 37.2. The average Bonchev–Trinajstić information content (AvgIpc) is 3.47.